The van der Waals surface area contributed by atoms with Gasteiger partial charge in [-0.25, -0.2) is 9.59 Å². The van der Waals surface area contributed by atoms with Crippen LogP contribution in [-0.2, 0) is 47.7 Å². The van der Waals surface area contributed by atoms with Crippen LogP contribution in [0.5, 0.6) is 0 Å². The lowest BCUT2D eigenvalue weighted by molar-refractivity contribution is -0.338. The molecule has 0 aromatic heterocycles. The fourth-order valence-corrected chi connectivity index (χ4v) is 8.02. The van der Waals surface area contributed by atoms with Gasteiger partial charge in [0.2, 0.25) is 0 Å². The number of hydrogen-bond donors (Lipinski definition) is 3. The Morgan fingerprint density at radius 3 is 2.04 bits per heavy atom. The highest BCUT2D eigenvalue weighted by atomic mass is 16.7. The van der Waals surface area contributed by atoms with Gasteiger partial charge in [-0.3, -0.25) is 14.4 Å². The van der Waals surface area contributed by atoms with E-state index in [2.05, 4.69) is 25.5 Å². The van der Waals surface area contributed by atoms with Gasteiger partial charge in [-0.15, -0.1) is 0 Å². The van der Waals surface area contributed by atoms with Gasteiger partial charge in [-0.2, -0.15) is 0 Å². The van der Waals surface area contributed by atoms with E-state index in [4.69, 9.17) is 18.9 Å². The number of methoxy groups -OCH3 is 1. The van der Waals surface area contributed by atoms with E-state index in [9.17, 15) is 39.3 Å². The number of cyclic esters (lactones) is 2. The molecule has 13 heteroatoms. The zero-order valence-electron chi connectivity index (χ0n) is 34.0. The zero-order chi connectivity index (χ0) is 40.7. The molecule has 3 N–H and O–H groups in total. The molecule has 3 aliphatic heterocycles. The Morgan fingerprint density at radius 1 is 0.852 bits per heavy atom. The summed E-state index contributed by atoms with van der Waals surface area (Å²) in [6, 6.07) is 0. The Balaban J connectivity index is 1.54. The third-order valence-electron chi connectivity index (χ3n) is 12.1. The van der Waals surface area contributed by atoms with E-state index < -0.39 is 66.6 Å². The highest BCUT2D eigenvalue weighted by molar-refractivity contribution is 6.12. The Morgan fingerprint density at radius 2 is 1.48 bits per heavy atom. The Labute approximate surface area is 320 Å². The van der Waals surface area contributed by atoms with Crippen LogP contribution < -0.4 is 0 Å². The van der Waals surface area contributed by atoms with Crippen molar-refractivity contribution in [2.75, 3.05) is 7.11 Å². The summed E-state index contributed by atoms with van der Waals surface area (Å²) >= 11 is 0. The first-order valence-electron chi connectivity index (χ1n) is 19.8. The molecule has 3 rings (SSSR count). The standard InChI is InChI=1S/C41H66O13/c1-21(2)36(51-34(47)20-31(45)35-27(8)39(48)52-40(35)49)38(50-10)32(46)19-30(44)26(7)29(43)13-11-24(5)37-25(6)16-18-41(54-37)17-15-23(4)33(53-41)14-12-22(3)28(9)42/h21-26,29,31-33,36-38,43,45-46H,11-20H2,1-10H3/t22-,23-,24-,25+,26+,29+,31-,32-,33+,36-,37?,38-,41?/m1/s1. The summed E-state index contributed by atoms with van der Waals surface area (Å²) in [5, 5.41) is 32.7. The van der Waals surface area contributed by atoms with Gasteiger partial charge in [-0.1, -0.05) is 48.5 Å². The first kappa shape index (κ1) is 45.8. The molecule has 3 heterocycles. The lowest BCUT2D eigenvalue weighted by atomic mass is 9.79. The van der Waals surface area contributed by atoms with Crippen molar-refractivity contribution in [2.24, 2.45) is 35.5 Å². The van der Waals surface area contributed by atoms with Gasteiger partial charge in [0.15, 0.2) is 5.79 Å². The molecular weight excluding hydrogens is 700 g/mol. The summed E-state index contributed by atoms with van der Waals surface area (Å²) in [7, 11) is 1.32. The molecule has 54 heavy (non-hydrogen) atoms. The number of Topliss-reactive ketones (excluding diaryl/α,β-unsaturated/α-hetero) is 2. The highest BCUT2D eigenvalue weighted by Gasteiger charge is 2.48. The summed E-state index contributed by atoms with van der Waals surface area (Å²) in [6.07, 6.45) is -1.03. The summed E-state index contributed by atoms with van der Waals surface area (Å²) in [5.74, 6) is -4.07. The van der Waals surface area contributed by atoms with Gasteiger partial charge < -0.3 is 39.0 Å². The molecule has 13 nitrogen and oxygen atoms in total. The third-order valence-corrected chi connectivity index (χ3v) is 12.1. The maximum absolute atomic E-state index is 13.3. The second-order valence-corrected chi connectivity index (χ2v) is 16.8. The number of aliphatic hydroxyl groups excluding tert-OH is 3. The predicted octanol–water partition coefficient (Wildman–Crippen LogP) is 4.79. The minimum absolute atomic E-state index is 0.00210. The van der Waals surface area contributed by atoms with Crippen molar-refractivity contribution in [1.82, 2.24) is 0 Å². The van der Waals surface area contributed by atoms with Gasteiger partial charge in [-0.05, 0) is 76.0 Å². The number of ether oxygens (including phenoxy) is 5. The predicted molar refractivity (Wildman–Crippen MR) is 197 cm³/mol. The lowest BCUT2D eigenvalue weighted by Crippen LogP contribution is -2.53. The molecule has 2 fully saturated rings. The minimum atomic E-state index is -1.63. The van der Waals surface area contributed by atoms with Crippen LogP contribution in [0.25, 0.3) is 0 Å². The molecule has 0 saturated carbocycles. The maximum atomic E-state index is 13.3. The SMILES string of the molecule is CO[C@H]([C@H](O)CC(=O)[C@@H](C)[C@@H](O)CC[C@@H](C)C1OC2(CC[C@@H](C)[C@H](CC[C@@H](C)C(C)=O)O2)CC[C@@H]1C)[C@H](OC(=O)C[C@@H](O)C1=C(C)C(=O)OC1=O)C(C)C. The van der Waals surface area contributed by atoms with Gasteiger partial charge in [0, 0.05) is 43.8 Å². The van der Waals surface area contributed by atoms with Gasteiger partial charge >= 0.3 is 17.9 Å². The van der Waals surface area contributed by atoms with E-state index in [1.807, 2.05) is 6.92 Å². The molecule has 2 saturated heterocycles. The first-order chi connectivity index (χ1) is 25.2. The Bertz CT molecular complexity index is 1350. The van der Waals surface area contributed by atoms with E-state index in [1.54, 1.807) is 27.7 Å². The van der Waals surface area contributed by atoms with Crippen molar-refractivity contribution in [3.05, 3.63) is 11.1 Å². The van der Waals surface area contributed by atoms with Gasteiger partial charge in [0.05, 0.1) is 42.5 Å². The van der Waals surface area contributed by atoms with Crippen molar-refractivity contribution in [2.45, 2.75) is 175 Å². The fourth-order valence-electron chi connectivity index (χ4n) is 8.02. The van der Waals surface area contributed by atoms with E-state index in [0.29, 0.717) is 18.8 Å². The molecule has 3 aliphatic rings. The quantitative estimate of drug-likeness (QED) is 0.113. The van der Waals surface area contributed by atoms with Crippen LogP contribution in [0.3, 0.4) is 0 Å². The number of carbonyl (C=O) groups is 5. The molecule has 0 radical (unpaired) electrons. The lowest BCUT2D eigenvalue weighted by Gasteiger charge is -2.51. The van der Waals surface area contributed by atoms with Crippen LogP contribution in [0.4, 0.5) is 0 Å². The molecule has 308 valence electrons. The molecule has 2 unspecified atom stereocenters. The fraction of sp³-hybridized carbons (Fsp3) is 0.829. The van der Waals surface area contributed by atoms with Crippen LogP contribution in [-0.4, -0.2) is 100 Å². The van der Waals surface area contributed by atoms with E-state index in [1.165, 1.54) is 14.0 Å². The molecule has 0 aromatic rings. The highest BCUT2D eigenvalue weighted by Crippen LogP contribution is 2.45. The Kier molecular flexibility index (Phi) is 17.0. The molecule has 13 atom stereocenters. The van der Waals surface area contributed by atoms with E-state index >= 15 is 0 Å². The van der Waals surface area contributed by atoms with E-state index in [0.717, 1.165) is 38.5 Å². The smallest absolute Gasteiger partial charge is 0.345 e. The summed E-state index contributed by atoms with van der Waals surface area (Å²) < 4.78 is 29.1. The van der Waals surface area contributed by atoms with Crippen molar-refractivity contribution in [1.29, 1.82) is 0 Å². The van der Waals surface area contributed by atoms with Crippen LogP contribution in [0.1, 0.15) is 127 Å². The number of ketones is 2. The number of hydrogen-bond acceptors (Lipinski definition) is 13. The van der Waals surface area contributed by atoms with Gasteiger partial charge in [0.25, 0.3) is 0 Å². The third kappa shape index (κ3) is 11.7. The normalized spacial score (nSPS) is 29.3. The van der Waals surface area contributed by atoms with Gasteiger partial charge in [0.1, 0.15) is 23.8 Å². The van der Waals surface area contributed by atoms with Crippen molar-refractivity contribution >= 4 is 29.5 Å². The van der Waals surface area contributed by atoms with Crippen LogP contribution in [0.2, 0.25) is 0 Å². The zero-order valence-corrected chi connectivity index (χ0v) is 34.0. The average Bonchev–Trinajstić information content (AvgIpc) is 3.37. The molecule has 0 aromatic carbocycles. The monoisotopic (exact) mass is 766 g/mol. The van der Waals surface area contributed by atoms with Crippen LogP contribution in [0.15, 0.2) is 11.1 Å². The average molecular weight is 767 g/mol. The maximum Gasteiger partial charge on any atom is 0.345 e. The molecule has 0 aliphatic carbocycles. The molecule has 0 amide bonds. The Hall–Kier alpha value is -2.55. The number of rotatable bonds is 20. The molecule has 0 bridgehead atoms. The number of aliphatic hydroxyl groups is 3. The van der Waals surface area contributed by atoms with Crippen molar-refractivity contribution in [3.63, 3.8) is 0 Å². The van der Waals surface area contributed by atoms with Crippen LogP contribution in [0, 0.1) is 35.5 Å². The topological polar surface area (TPSA) is 192 Å². The number of esters is 3. The molecule has 1 spiro atoms. The van der Waals surface area contributed by atoms with Crippen LogP contribution >= 0.6 is 0 Å². The largest absolute Gasteiger partial charge is 0.459 e. The number of carbonyl (C=O) groups excluding carboxylic acids is 5. The van der Waals surface area contributed by atoms with E-state index in [-0.39, 0.29) is 65.0 Å². The minimum Gasteiger partial charge on any atom is -0.459 e. The second kappa shape index (κ2) is 20.0. The summed E-state index contributed by atoms with van der Waals surface area (Å²) in [5.41, 5.74) is -0.403. The second-order valence-electron chi connectivity index (χ2n) is 16.8. The summed E-state index contributed by atoms with van der Waals surface area (Å²) in [6.45, 7) is 16.5. The van der Waals surface area contributed by atoms with Crippen molar-refractivity contribution in [3.8, 4) is 0 Å². The molecular formula is C41H66O13. The first-order valence-corrected chi connectivity index (χ1v) is 19.8. The van der Waals surface area contributed by atoms with Crippen molar-refractivity contribution < 1.29 is 63.0 Å². The summed E-state index contributed by atoms with van der Waals surface area (Å²) in [4.78, 5) is 61.6.